The van der Waals surface area contributed by atoms with Crippen LogP contribution in [0.4, 0.5) is 5.69 Å². The summed E-state index contributed by atoms with van der Waals surface area (Å²) in [5.41, 5.74) is 2.29. The first-order valence-corrected chi connectivity index (χ1v) is 14.4. The Morgan fingerprint density at radius 2 is 1.78 bits per heavy atom. The fourth-order valence-electron chi connectivity index (χ4n) is 6.58. The number of ketones is 2. The molecule has 3 N–H and O–H groups in total. The van der Waals surface area contributed by atoms with Gasteiger partial charge >= 0.3 is 7.12 Å². The number of phenolic OH excluding ortho intramolecular Hbond substituents is 1. The monoisotopic (exact) mass is 681 g/mol. The van der Waals surface area contributed by atoms with E-state index in [1.165, 1.54) is 31.4 Å². The van der Waals surface area contributed by atoms with Crippen molar-refractivity contribution in [3.8, 4) is 11.5 Å². The first kappa shape index (κ1) is 27.8. The highest BCUT2D eigenvalue weighted by Crippen LogP contribution is 2.56. The zero-order valence-corrected chi connectivity index (χ0v) is 24.7. The van der Waals surface area contributed by atoms with Gasteiger partial charge in [-0.15, -0.1) is 0 Å². The van der Waals surface area contributed by atoms with Gasteiger partial charge in [0.25, 0.3) is 0 Å². The second kappa shape index (κ2) is 10.2. The summed E-state index contributed by atoms with van der Waals surface area (Å²) in [5, 5.41) is 29.7. The van der Waals surface area contributed by atoms with Gasteiger partial charge in [0.1, 0.15) is 0 Å². The smallest absolute Gasteiger partial charge is 0.488 e. The fourth-order valence-corrected chi connectivity index (χ4v) is 7.49. The molecule has 4 atom stereocenters. The summed E-state index contributed by atoms with van der Waals surface area (Å²) in [7, 11) is -0.368. The van der Waals surface area contributed by atoms with Crippen LogP contribution in [0.15, 0.2) is 74.2 Å². The molecule has 0 spiro atoms. The van der Waals surface area contributed by atoms with E-state index < -0.39 is 42.6 Å². The van der Waals surface area contributed by atoms with Crippen molar-refractivity contribution in [3.63, 3.8) is 0 Å². The van der Waals surface area contributed by atoms with Crippen LogP contribution in [-0.2, 0) is 19.2 Å². The minimum atomic E-state index is -1.77. The van der Waals surface area contributed by atoms with Crippen molar-refractivity contribution in [1.82, 2.24) is 0 Å². The molecular formula is C29H22BBr2NO8. The zero-order valence-electron chi connectivity index (χ0n) is 21.5. The molecule has 208 valence electrons. The highest BCUT2D eigenvalue weighted by molar-refractivity contribution is 9.12. The van der Waals surface area contributed by atoms with Crippen molar-refractivity contribution in [2.75, 3.05) is 12.0 Å². The molecule has 1 saturated heterocycles. The van der Waals surface area contributed by atoms with Crippen LogP contribution in [0, 0.1) is 17.8 Å². The molecule has 41 heavy (non-hydrogen) atoms. The lowest BCUT2D eigenvalue weighted by Crippen LogP contribution is -2.39. The van der Waals surface area contributed by atoms with Crippen LogP contribution in [-0.4, -0.2) is 52.8 Å². The van der Waals surface area contributed by atoms with Gasteiger partial charge in [-0.2, -0.15) is 0 Å². The standard InChI is InChI=1S/C29H22BBr2NO8/c1-41-22-8-12(7-19(31)27(22)36)23-15-5-6-16-24(17(15)10-18-25(23)21(34)11-20(32)26(18)35)29(38)33(28(16)37)14-4-2-3-13(9-14)30(39)40/h2-5,7-9,11,16-17,23-24,36,39-40H,6,10H2,1H3/t16-,17+,23-,24-/m0/s1. The van der Waals surface area contributed by atoms with E-state index in [1.807, 2.05) is 6.08 Å². The molecular weight excluding hydrogens is 661 g/mol. The third kappa shape index (κ3) is 4.27. The molecule has 3 aliphatic carbocycles. The molecule has 1 aliphatic heterocycles. The van der Waals surface area contributed by atoms with Crippen LogP contribution in [0.5, 0.6) is 11.5 Å². The van der Waals surface area contributed by atoms with Gasteiger partial charge in [0, 0.05) is 23.1 Å². The molecule has 0 radical (unpaired) electrons. The van der Waals surface area contributed by atoms with Crippen LogP contribution in [0.25, 0.3) is 0 Å². The Balaban J connectivity index is 1.49. The van der Waals surface area contributed by atoms with E-state index in [-0.39, 0.29) is 57.1 Å². The van der Waals surface area contributed by atoms with E-state index in [2.05, 4.69) is 31.9 Å². The largest absolute Gasteiger partial charge is 0.503 e. The van der Waals surface area contributed by atoms with Crippen molar-refractivity contribution in [1.29, 1.82) is 0 Å². The van der Waals surface area contributed by atoms with Crippen molar-refractivity contribution in [2.45, 2.75) is 18.8 Å². The molecule has 1 fully saturated rings. The van der Waals surface area contributed by atoms with Gasteiger partial charge in [-0.3, -0.25) is 24.1 Å². The van der Waals surface area contributed by atoms with Crippen molar-refractivity contribution in [2.24, 2.45) is 17.8 Å². The van der Waals surface area contributed by atoms with Crippen LogP contribution in [0.3, 0.4) is 0 Å². The van der Waals surface area contributed by atoms with E-state index >= 15 is 0 Å². The predicted molar refractivity (Wildman–Crippen MR) is 156 cm³/mol. The van der Waals surface area contributed by atoms with Gasteiger partial charge < -0.3 is 19.9 Å². The average Bonchev–Trinajstić information content (AvgIpc) is 3.21. The molecule has 0 bridgehead atoms. The molecule has 12 heteroatoms. The lowest BCUT2D eigenvalue weighted by atomic mass is 9.59. The van der Waals surface area contributed by atoms with Gasteiger partial charge in [-0.1, -0.05) is 23.8 Å². The van der Waals surface area contributed by atoms with Crippen molar-refractivity contribution >= 4 is 73.5 Å². The number of nitrogens with zero attached hydrogens (tertiary/aromatic N) is 1. The molecule has 4 aliphatic rings. The number of hydrogen-bond donors (Lipinski definition) is 3. The van der Waals surface area contributed by atoms with Gasteiger partial charge in [0.05, 0.1) is 33.6 Å². The molecule has 1 heterocycles. The topological polar surface area (TPSA) is 141 Å². The Kier molecular flexibility index (Phi) is 6.92. The maximum absolute atomic E-state index is 14.0. The lowest BCUT2D eigenvalue weighted by Gasteiger charge is -2.42. The number of hydrogen-bond acceptors (Lipinski definition) is 8. The highest BCUT2D eigenvalue weighted by Gasteiger charge is 2.56. The van der Waals surface area contributed by atoms with E-state index in [0.29, 0.717) is 15.6 Å². The third-order valence-electron chi connectivity index (χ3n) is 8.36. The first-order chi connectivity index (χ1) is 19.5. The number of carbonyl (C=O) groups excluding carboxylic acids is 4. The minimum Gasteiger partial charge on any atom is -0.503 e. The Morgan fingerprint density at radius 3 is 2.49 bits per heavy atom. The van der Waals surface area contributed by atoms with Gasteiger partial charge in [-0.05, 0) is 85.9 Å². The zero-order chi connectivity index (χ0) is 29.3. The number of imide groups is 1. The number of rotatable bonds is 4. The van der Waals surface area contributed by atoms with E-state index in [4.69, 9.17) is 4.74 Å². The SMILES string of the molecule is COc1cc([C@H]2C3=CC[C@@H]4C(=O)N(c5cccc(B(O)O)c5)C(=O)[C@@H]4[C@@H]3CC3=C2C(=O)C=C(Br)C3=O)cc(Br)c1O. The molecule has 2 aromatic carbocycles. The lowest BCUT2D eigenvalue weighted by molar-refractivity contribution is -0.123. The highest BCUT2D eigenvalue weighted by atomic mass is 79.9. The summed E-state index contributed by atoms with van der Waals surface area (Å²) < 4.78 is 5.81. The van der Waals surface area contributed by atoms with Crippen molar-refractivity contribution in [3.05, 3.63) is 79.8 Å². The van der Waals surface area contributed by atoms with Crippen LogP contribution < -0.4 is 15.1 Å². The number of amides is 2. The fraction of sp³-hybridized carbons (Fsp3) is 0.241. The minimum absolute atomic E-state index is 0.102. The van der Waals surface area contributed by atoms with E-state index in [9.17, 15) is 34.3 Å². The number of anilines is 1. The number of halogens is 2. The number of Topliss-reactive ketones (excluding diaryl/α,β-unsaturated/α-hetero) is 1. The maximum atomic E-state index is 14.0. The molecule has 0 aromatic heterocycles. The second-order valence-corrected chi connectivity index (χ2v) is 12.1. The number of phenols is 1. The number of ether oxygens (including phenoxy) is 1. The second-order valence-electron chi connectivity index (χ2n) is 10.4. The van der Waals surface area contributed by atoms with E-state index in [0.717, 1.165) is 10.5 Å². The van der Waals surface area contributed by atoms with Gasteiger partial charge in [0.15, 0.2) is 23.1 Å². The van der Waals surface area contributed by atoms with Crippen molar-refractivity contribution < 1.29 is 39.1 Å². The average molecular weight is 683 g/mol. The number of fused-ring (bicyclic) bond motifs is 3. The summed E-state index contributed by atoms with van der Waals surface area (Å²) in [5.74, 6) is -4.24. The predicted octanol–water partition coefficient (Wildman–Crippen LogP) is 2.81. The molecule has 0 saturated carbocycles. The first-order valence-electron chi connectivity index (χ1n) is 12.8. The van der Waals surface area contributed by atoms with Gasteiger partial charge in [0.2, 0.25) is 11.8 Å². The number of methoxy groups -OCH3 is 1. The summed E-state index contributed by atoms with van der Waals surface area (Å²) in [6.07, 6.45) is 3.49. The number of allylic oxidation sites excluding steroid dienone is 6. The Labute approximate surface area is 251 Å². The Bertz CT molecular complexity index is 1660. The molecule has 2 aromatic rings. The molecule has 9 nitrogen and oxygen atoms in total. The summed E-state index contributed by atoms with van der Waals surface area (Å²) >= 11 is 6.56. The normalized spacial score (nSPS) is 25.4. The summed E-state index contributed by atoms with van der Waals surface area (Å²) in [6.45, 7) is 0. The number of benzene rings is 2. The molecule has 2 amide bonds. The Hall–Kier alpha value is -3.32. The maximum Gasteiger partial charge on any atom is 0.488 e. The number of carbonyl (C=O) groups is 4. The summed E-state index contributed by atoms with van der Waals surface area (Å²) in [4.78, 5) is 55.5. The molecule has 0 unspecified atom stereocenters. The summed E-state index contributed by atoms with van der Waals surface area (Å²) in [6, 6.07) is 9.23. The quantitative estimate of drug-likeness (QED) is 0.194. The van der Waals surface area contributed by atoms with Crippen LogP contribution in [0.2, 0.25) is 0 Å². The van der Waals surface area contributed by atoms with E-state index in [1.54, 1.807) is 18.2 Å². The number of aromatic hydroxyl groups is 1. The van der Waals surface area contributed by atoms with Crippen LogP contribution >= 0.6 is 31.9 Å². The van der Waals surface area contributed by atoms with Gasteiger partial charge in [-0.25, -0.2) is 0 Å². The molecule has 6 rings (SSSR count). The van der Waals surface area contributed by atoms with Crippen LogP contribution in [0.1, 0.15) is 24.3 Å². The Morgan fingerprint density at radius 1 is 1.02 bits per heavy atom. The third-order valence-corrected chi connectivity index (χ3v) is 9.56.